The van der Waals surface area contributed by atoms with Gasteiger partial charge in [0.15, 0.2) is 0 Å². The minimum absolute atomic E-state index is 0.401. The maximum atomic E-state index is 9.38. The summed E-state index contributed by atoms with van der Waals surface area (Å²) in [6.07, 6.45) is 5.65. The predicted octanol–water partition coefficient (Wildman–Crippen LogP) is 2.00. The molecule has 3 heterocycles. The number of nitriles is 1. The van der Waals surface area contributed by atoms with Gasteiger partial charge in [0.25, 0.3) is 0 Å². The smallest absolute Gasteiger partial charge is 0.103 e. The highest BCUT2D eigenvalue weighted by Crippen LogP contribution is 2.29. The van der Waals surface area contributed by atoms with Crippen molar-refractivity contribution in [1.82, 2.24) is 20.0 Å². The Morgan fingerprint density at radius 3 is 2.67 bits per heavy atom. The van der Waals surface area contributed by atoms with Crippen molar-refractivity contribution in [3.63, 3.8) is 0 Å². The van der Waals surface area contributed by atoms with Gasteiger partial charge in [-0.25, -0.2) is 4.68 Å². The first kappa shape index (κ1) is 13.6. The molecule has 21 heavy (non-hydrogen) atoms. The maximum Gasteiger partial charge on any atom is 0.103 e. The van der Waals surface area contributed by atoms with Gasteiger partial charge < -0.3 is 4.90 Å². The number of hydrogen-bond donors (Lipinski definition) is 0. The molecule has 3 rings (SSSR count). The Morgan fingerprint density at radius 2 is 2.05 bits per heavy atom. The molecule has 1 aliphatic rings. The van der Waals surface area contributed by atoms with Crippen LogP contribution in [0.15, 0.2) is 18.5 Å². The quantitative estimate of drug-likeness (QED) is 0.842. The summed E-state index contributed by atoms with van der Waals surface area (Å²) in [4.78, 5) is 6.67. The second-order valence-electron chi connectivity index (χ2n) is 5.46. The lowest BCUT2D eigenvalue weighted by Gasteiger charge is -2.34. The lowest BCUT2D eigenvalue weighted by Crippen LogP contribution is -2.35. The van der Waals surface area contributed by atoms with Gasteiger partial charge in [-0.15, -0.1) is 5.10 Å². The van der Waals surface area contributed by atoms with Gasteiger partial charge in [0.2, 0.25) is 0 Å². The van der Waals surface area contributed by atoms with E-state index >= 15 is 0 Å². The van der Waals surface area contributed by atoms with Crippen molar-refractivity contribution < 1.29 is 0 Å². The van der Waals surface area contributed by atoms with Gasteiger partial charge in [0.1, 0.15) is 6.07 Å². The summed E-state index contributed by atoms with van der Waals surface area (Å²) in [6, 6.07) is 4.71. The molecule has 1 aliphatic heterocycles. The normalized spacial score (nSPS) is 16.0. The predicted molar refractivity (Wildman–Crippen MR) is 78.9 cm³/mol. The van der Waals surface area contributed by atoms with Crippen molar-refractivity contribution in [2.45, 2.75) is 32.7 Å². The van der Waals surface area contributed by atoms with E-state index in [2.05, 4.69) is 26.3 Å². The Morgan fingerprint density at radius 1 is 1.29 bits per heavy atom. The lowest BCUT2D eigenvalue weighted by molar-refractivity contribution is 0.360. The number of piperidine rings is 1. The molecule has 0 spiro atoms. The summed E-state index contributed by atoms with van der Waals surface area (Å²) in [5.41, 5.74) is 3.48. The van der Waals surface area contributed by atoms with E-state index in [-0.39, 0.29) is 0 Å². The zero-order valence-corrected chi connectivity index (χ0v) is 12.3. The average molecular weight is 282 g/mol. The Bertz CT molecular complexity index is 662. The Balaban J connectivity index is 1.80. The number of anilines is 1. The van der Waals surface area contributed by atoms with Crippen LogP contribution in [0.1, 0.15) is 35.8 Å². The van der Waals surface area contributed by atoms with E-state index < -0.39 is 0 Å². The van der Waals surface area contributed by atoms with E-state index in [0.717, 1.165) is 43.0 Å². The largest absolute Gasteiger partial charge is 0.370 e. The minimum Gasteiger partial charge on any atom is -0.370 e. The Kier molecular flexibility index (Phi) is 3.57. The highest BCUT2D eigenvalue weighted by atomic mass is 15.4. The van der Waals surface area contributed by atoms with Crippen LogP contribution in [0.5, 0.6) is 0 Å². The van der Waals surface area contributed by atoms with Gasteiger partial charge in [-0.05, 0) is 32.8 Å². The summed E-state index contributed by atoms with van der Waals surface area (Å²) >= 11 is 0. The van der Waals surface area contributed by atoms with Crippen molar-refractivity contribution >= 4 is 5.69 Å². The van der Waals surface area contributed by atoms with Crippen LogP contribution in [-0.4, -0.2) is 33.1 Å². The maximum absolute atomic E-state index is 9.38. The molecule has 0 amide bonds. The van der Waals surface area contributed by atoms with E-state index in [0.29, 0.717) is 11.6 Å². The van der Waals surface area contributed by atoms with Gasteiger partial charge >= 0.3 is 0 Å². The van der Waals surface area contributed by atoms with Gasteiger partial charge in [-0.1, -0.05) is 5.21 Å². The van der Waals surface area contributed by atoms with Gasteiger partial charge in [0, 0.05) is 25.0 Å². The van der Waals surface area contributed by atoms with Crippen molar-refractivity contribution in [2.24, 2.45) is 0 Å². The molecule has 2 aromatic rings. The number of nitrogens with zero attached hydrogens (tertiary/aromatic N) is 6. The van der Waals surface area contributed by atoms with Crippen LogP contribution in [0.3, 0.4) is 0 Å². The lowest BCUT2D eigenvalue weighted by atomic mass is 10.0. The molecule has 108 valence electrons. The molecule has 6 heteroatoms. The van der Waals surface area contributed by atoms with Gasteiger partial charge in [0.05, 0.1) is 29.2 Å². The monoisotopic (exact) mass is 282 g/mol. The third-order valence-electron chi connectivity index (χ3n) is 4.04. The van der Waals surface area contributed by atoms with Crippen LogP contribution in [0, 0.1) is 25.2 Å². The number of pyridine rings is 1. The highest BCUT2D eigenvalue weighted by molar-refractivity contribution is 5.61. The summed E-state index contributed by atoms with van der Waals surface area (Å²) < 4.78 is 1.94. The van der Waals surface area contributed by atoms with Gasteiger partial charge in [-0.3, -0.25) is 4.98 Å². The van der Waals surface area contributed by atoms with Crippen LogP contribution in [0.25, 0.3) is 0 Å². The van der Waals surface area contributed by atoms with E-state index in [1.54, 1.807) is 6.20 Å². The highest BCUT2D eigenvalue weighted by Gasteiger charge is 2.23. The van der Waals surface area contributed by atoms with E-state index in [1.807, 2.05) is 30.8 Å². The van der Waals surface area contributed by atoms with Crippen molar-refractivity contribution in [2.75, 3.05) is 18.0 Å². The molecule has 0 atom stereocenters. The topological polar surface area (TPSA) is 70.6 Å². The standard InChI is InChI=1S/C15H18N6/c1-11-9-15(14(10-16)12(2)18-11)20-6-3-13(4-7-20)21-8-5-17-19-21/h5,8-9,13H,3-4,6-7H2,1-2H3. The molecule has 0 bridgehead atoms. The molecule has 0 N–H and O–H groups in total. The SMILES string of the molecule is Cc1cc(N2CCC(n3ccnn3)CC2)c(C#N)c(C)n1. The third-order valence-corrected chi connectivity index (χ3v) is 4.04. The third kappa shape index (κ3) is 2.59. The number of rotatable bonds is 2. The molecule has 6 nitrogen and oxygen atoms in total. The zero-order chi connectivity index (χ0) is 14.8. The zero-order valence-electron chi connectivity index (χ0n) is 12.3. The van der Waals surface area contributed by atoms with Crippen LogP contribution in [0.4, 0.5) is 5.69 Å². The minimum atomic E-state index is 0.401. The van der Waals surface area contributed by atoms with E-state index in [4.69, 9.17) is 0 Å². The first-order valence-corrected chi connectivity index (χ1v) is 7.18. The molecule has 0 saturated carbocycles. The fourth-order valence-corrected chi connectivity index (χ4v) is 2.98. The van der Waals surface area contributed by atoms with Crippen molar-refractivity contribution in [1.29, 1.82) is 5.26 Å². The molecule has 1 saturated heterocycles. The van der Waals surface area contributed by atoms with Crippen LogP contribution in [0.2, 0.25) is 0 Å². The van der Waals surface area contributed by atoms with Crippen molar-refractivity contribution in [3.8, 4) is 6.07 Å². The molecule has 1 fully saturated rings. The summed E-state index contributed by atoms with van der Waals surface area (Å²) in [7, 11) is 0. The molecule has 2 aromatic heterocycles. The summed E-state index contributed by atoms with van der Waals surface area (Å²) in [6.45, 7) is 5.71. The molecule has 0 aliphatic carbocycles. The van der Waals surface area contributed by atoms with E-state index in [1.165, 1.54) is 0 Å². The molecular weight excluding hydrogens is 264 g/mol. The number of aryl methyl sites for hydroxylation is 2. The van der Waals surface area contributed by atoms with Crippen LogP contribution >= 0.6 is 0 Å². The van der Waals surface area contributed by atoms with Crippen LogP contribution in [-0.2, 0) is 0 Å². The second-order valence-corrected chi connectivity index (χ2v) is 5.46. The summed E-state index contributed by atoms with van der Waals surface area (Å²) in [5, 5.41) is 17.3. The van der Waals surface area contributed by atoms with E-state index in [9.17, 15) is 5.26 Å². The van der Waals surface area contributed by atoms with Gasteiger partial charge in [-0.2, -0.15) is 5.26 Å². The molecule has 0 radical (unpaired) electrons. The number of hydrogen-bond acceptors (Lipinski definition) is 5. The molecule has 0 aromatic carbocycles. The molecular formula is C15H18N6. The first-order chi connectivity index (χ1) is 10.2. The number of aromatic nitrogens is 4. The summed E-state index contributed by atoms with van der Waals surface area (Å²) in [5.74, 6) is 0. The Hall–Kier alpha value is -2.42. The molecule has 0 unspecified atom stereocenters. The van der Waals surface area contributed by atoms with Crippen LogP contribution < -0.4 is 4.90 Å². The first-order valence-electron chi connectivity index (χ1n) is 7.18. The fraction of sp³-hybridized carbons (Fsp3) is 0.467. The average Bonchev–Trinajstić information content (AvgIpc) is 3.01. The second kappa shape index (κ2) is 5.52. The fourth-order valence-electron chi connectivity index (χ4n) is 2.98. The van der Waals surface area contributed by atoms with Crippen molar-refractivity contribution in [3.05, 3.63) is 35.4 Å². The Labute approximate surface area is 124 Å².